The predicted molar refractivity (Wildman–Crippen MR) is 288 cm³/mol. The van der Waals surface area contributed by atoms with Gasteiger partial charge in [0.2, 0.25) is 0 Å². The van der Waals surface area contributed by atoms with Gasteiger partial charge in [0.1, 0.15) is 5.58 Å². The molecule has 1 aromatic heterocycles. The zero-order valence-corrected chi connectivity index (χ0v) is 41.3. The Morgan fingerprint density at radius 1 is 0.647 bits per heavy atom. The normalized spacial score (nSPS) is 22.2. The first-order chi connectivity index (χ1) is 33.2. The Labute approximate surface area is 405 Å². The Morgan fingerprint density at radius 3 is 2.10 bits per heavy atom. The van der Waals surface area contributed by atoms with E-state index in [1.807, 2.05) is 0 Å². The van der Waals surface area contributed by atoms with Crippen LogP contribution in [0, 0.1) is 6.92 Å². The van der Waals surface area contributed by atoms with Crippen LogP contribution in [0.4, 0.5) is 45.5 Å². The standard InChI is InChI=1S/C63H68BN3O/c1-6-8-17-43-24-29-48(30-25-43)66-56-38-45(44-18-11-9-12-19-44)37-55-58(56)64(60-59(66)50-39-46(26-31-57(50)68-60)63(32-7-2)35-36-63)52-40-51-53(41-54(52)65(55)47-27-22-42(3)23-28-47)67(49-20-13-10-14-21-49)62(5)34-16-15-33-61(51,62)4/h10,13-14,20-31,37-41,44H,6-9,11-12,15-19,32-36H2,1-5H3. The fraction of sp³-hybridized carbons (Fsp3) is 0.397. The molecule has 344 valence electrons. The maximum absolute atomic E-state index is 7.57. The van der Waals surface area contributed by atoms with E-state index in [4.69, 9.17) is 4.42 Å². The second kappa shape index (κ2) is 15.9. The van der Waals surface area contributed by atoms with Crippen LogP contribution in [0.3, 0.4) is 0 Å². The van der Waals surface area contributed by atoms with Gasteiger partial charge in [-0.1, -0.05) is 126 Å². The van der Waals surface area contributed by atoms with Crippen LogP contribution in [0.25, 0.3) is 11.0 Å². The molecule has 5 heteroatoms. The Morgan fingerprint density at radius 2 is 1.37 bits per heavy atom. The average molecular weight is 894 g/mol. The van der Waals surface area contributed by atoms with E-state index in [1.54, 1.807) is 0 Å². The van der Waals surface area contributed by atoms with Crippen molar-refractivity contribution in [2.75, 3.05) is 14.7 Å². The maximum Gasteiger partial charge on any atom is 0.297 e. The Kier molecular flexibility index (Phi) is 9.95. The van der Waals surface area contributed by atoms with Gasteiger partial charge in [0, 0.05) is 50.6 Å². The highest BCUT2D eigenvalue weighted by Gasteiger charge is 2.59. The number of rotatable bonds is 10. The molecule has 3 fully saturated rings. The van der Waals surface area contributed by atoms with E-state index in [9.17, 15) is 0 Å². The first-order valence-electron chi connectivity index (χ1n) is 26.8. The monoisotopic (exact) mass is 894 g/mol. The van der Waals surface area contributed by atoms with Gasteiger partial charge in [-0.2, -0.15) is 0 Å². The minimum atomic E-state index is -0.0805. The smallest absolute Gasteiger partial charge is 0.297 e. The lowest BCUT2D eigenvalue weighted by molar-refractivity contribution is 0.195. The van der Waals surface area contributed by atoms with E-state index in [2.05, 4.69) is 171 Å². The third-order valence-electron chi connectivity index (χ3n) is 18.5. The van der Waals surface area contributed by atoms with E-state index in [0.29, 0.717) is 5.92 Å². The van der Waals surface area contributed by atoms with Crippen molar-refractivity contribution >= 4 is 79.8 Å². The molecule has 0 N–H and O–H groups in total. The lowest BCUT2D eigenvalue weighted by atomic mass is 9.35. The Bertz CT molecular complexity index is 3070. The third kappa shape index (κ3) is 6.25. The summed E-state index contributed by atoms with van der Waals surface area (Å²) in [4.78, 5) is 8.10. The molecule has 4 heterocycles. The molecule has 6 aliphatic rings. The topological polar surface area (TPSA) is 22.9 Å². The maximum atomic E-state index is 7.57. The lowest BCUT2D eigenvalue weighted by Crippen LogP contribution is -2.61. The fourth-order valence-electron chi connectivity index (χ4n) is 14.5. The number of nitrogens with zero attached hydrogens (tertiary/aromatic N) is 3. The highest BCUT2D eigenvalue weighted by atomic mass is 16.3. The van der Waals surface area contributed by atoms with E-state index in [0.717, 1.165) is 17.7 Å². The summed E-state index contributed by atoms with van der Waals surface area (Å²) in [6.07, 6.45) is 19.8. The van der Waals surface area contributed by atoms with Crippen molar-refractivity contribution in [3.05, 3.63) is 149 Å². The summed E-state index contributed by atoms with van der Waals surface area (Å²) >= 11 is 0. The van der Waals surface area contributed by atoms with Crippen molar-refractivity contribution in [1.82, 2.24) is 0 Å². The molecule has 0 spiro atoms. The van der Waals surface area contributed by atoms with Crippen molar-refractivity contribution < 1.29 is 4.42 Å². The molecule has 4 nitrogen and oxygen atoms in total. The molecule has 0 saturated heterocycles. The molecule has 2 unspecified atom stereocenters. The summed E-state index contributed by atoms with van der Waals surface area (Å²) in [5.41, 5.74) is 22.5. The molecule has 0 bridgehead atoms. The minimum Gasteiger partial charge on any atom is -0.468 e. The van der Waals surface area contributed by atoms with Gasteiger partial charge >= 0.3 is 0 Å². The minimum absolute atomic E-state index is 0.0300. The number of fused-ring (bicyclic) bond motifs is 9. The van der Waals surface area contributed by atoms with Crippen LogP contribution in [0.1, 0.15) is 158 Å². The zero-order chi connectivity index (χ0) is 45.9. The second-order valence-electron chi connectivity index (χ2n) is 22.5. The van der Waals surface area contributed by atoms with Crippen molar-refractivity contribution in [3.8, 4) is 0 Å². The molecule has 3 saturated carbocycles. The number of anilines is 8. The van der Waals surface area contributed by atoms with Gasteiger partial charge < -0.3 is 19.1 Å². The summed E-state index contributed by atoms with van der Waals surface area (Å²) in [7, 11) is 0. The summed E-state index contributed by atoms with van der Waals surface area (Å²) in [6, 6.07) is 48.3. The molecule has 2 atom stereocenters. The number of furan rings is 1. The van der Waals surface area contributed by atoms with Crippen LogP contribution in [0.15, 0.2) is 126 Å². The average Bonchev–Trinajstić information content (AvgIpc) is 4.01. The Hall–Kier alpha value is -5.68. The molecule has 6 aromatic carbocycles. The summed E-state index contributed by atoms with van der Waals surface area (Å²) in [5, 5.41) is 1.26. The van der Waals surface area contributed by atoms with Gasteiger partial charge in [-0.15, -0.1) is 0 Å². The van der Waals surface area contributed by atoms with Gasteiger partial charge in [0.25, 0.3) is 6.71 Å². The molecular formula is C63H68BN3O. The number of hydrogen-bond donors (Lipinski definition) is 0. The summed E-state index contributed by atoms with van der Waals surface area (Å²) in [6.45, 7) is 12.0. The van der Waals surface area contributed by atoms with Gasteiger partial charge in [-0.25, -0.2) is 0 Å². The van der Waals surface area contributed by atoms with Crippen molar-refractivity contribution in [2.24, 2.45) is 0 Å². The van der Waals surface area contributed by atoms with E-state index in [-0.39, 0.29) is 23.1 Å². The van der Waals surface area contributed by atoms with Crippen LogP contribution >= 0.6 is 0 Å². The molecule has 3 aliphatic carbocycles. The van der Waals surface area contributed by atoms with Crippen LogP contribution in [0.2, 0.25) is 0 Å². The van der Waals surface area contributed by atoms with Crippen LogP contribution in [-0.4, -0.2) is 12.3 Å². The number of hydrogen-bond acceptors (Lipinski definition) is 4. The van der Waals surface area contributed by atoms with Gasteiger partial charge in [-0.05, 0) is 183 Å². The van der Waals surface area contributed by atoms with Crippen LogP contribution in [-0.2, 0) is 17.3 Å². The van der Waals surface area contributed by atoms with Crippen LogP contribution in [0.5, 0.6) is 0 Å². The fourth-order valence-corrected chi connectivity index (χ4v) is 14.5. The Balaban J connectivity index is 1.13. The van der Waals surface area contributed by atoms with Gasteiger partial charge in [-0.3, -0.25) is 0 Å². The summed E-state index contributed by atoms with van der Waals surface area (Å²) < 4.78 is 7.57. The highest BCUT2D eigenvalue weighted by Crippen LogP contribution is 2.62. The molecule has 0 amide bonds. The molecular weight excluding hydrogens is 826 g/mol. The van der Waals surface area contributed by atoms with Crippen molar-refractivity contribution in [3.63, 3.8) is 0 Å². The predicted octanol–water partition coefficient (Wildman–Crippen LogP) is 15.8. The quantitative estimate of drug-likeness (QED) is 0.128. The largest absolute Gasteiger partial charge is 0.468 e. The number of aryl methyl sites for hydroxylation is 2. The SMILES string of the molecule is CCCCc1ccc(N2c3cc(C4CCCCC4)cc4c3B(c3cc5c(cc3N4c3ccc(C)cc3)N(c3ccccc3)C3(C)CCCCC53C)c3oc4ccc(C5(CCC)CC5)cc4c32)cc1. The van der Waals surface area contributed by atoms with Crippen molar-refractivity contribution in [2.45, 2.75) is 160 Å². The van der Waals surface area contributed by atoms with Gasteiger partial charge in [0.05, 0.1) is 16.9 Å². The third-order valence-corrected chi connectivity index (χ3v) is 18.5. The molecule has 3 aliphatic heterocycles. The first kappa shape index (κ1) is 42.4. The number of para-hydroxylation sites is 1. The number of unbranched alkanes of at least 4 members (excludes halogenated alkanes) is 1. The van der Waals surface area contributed by atoms with Crippen molar-refractivity contribution in [1.29, 1.82) is 0 Å². The van der Waals surface area contributed by atoms with E-state index in [1.165, 1.54) is 186 Å². The van der Waals surface area contributed by atoms with Gasteiger partial charge in [0.15, 0.2) is 0 Å². The first-order valence-corrected chi connectivity index (χ1v) is 26.8. The zero-order valence-electron chi connectivity index (χ0n) is 41.3. The second-order valence-corrected chi connectivity index (χ2v) is 22.5. The molecule has 13 rings (SSSR count). The van der Waals surface area contributed by atoms with E-state index >= 15 is 0 Å². The molecule has 68 heavy (non-hydrogen) atoms. The molecule has 7 aromatic rings. The van der Waals surface area contributed by atoms with E-state index < -0.39 is 0 Å². The molecule has 0 radical (unpaired) electrons. The summed E-state index contributed by atoms with van der Waals surface area (Å²) in [5.74, 6) is 0.526. The number of benzene rings is 6. The lowest BCUT2D eigenvalue weighted by Gasteiger charge is -2.50. The van der Waals surface area contributed by atoms with Crippen LogP contribution < -0.4 is 31.3 Å². The highest BCUT2D eigenvalue weighted by molar-refractivity contribution is 7.00.